The fourth-order valence-corrected chi connectivity index (χ4v) is 4.27. The number of methoxy groups -OCH3 is 1. The number of nitro benzene ring substituents is 2. The van der Waals surface area contributed by atoms with E-state index in [0.29, 0.717) is 17.3 Å². The van der Waals surface area contributed by atoms with Gasteiger partial charge in [0.05, 0.1) is 28.6 Å². The first-order valence-corrected chi connectivity index (χ1v) is 10.6. The Labute approximate surface area is 195 Å². The molecule has 0 aliphatic carbocycles. The van der Waals surface area contributed by atoms with Crippen molar-refractivity contribution in [3.63, 3.8) is 0 Å². The number of carbonyl (C=O) groups is 2. The molecule has 1 N–H and O–H groups in total. The van der Waals surface area contributed by atoms with Gasteiger partial charge in [-0.1, -0.05) is 11.3 Å². The summed E-state index contributed by atoms with van der Waals surface area (Å²) in [6.07, 6.45) is 0.214. The second-order valence-corrected chi connectivity index (χ2v) is 8.26. The zero-order valence-corrected chi connectivity index (χ0v) is 18.4. The van der Waals surface area contributed by atoms with Gasteiger partial charge >= 0.3 is 0 Å². The molecule has 2 aromatic carbocycles. The molecule has 4 rings (SSSR count). The summed E-state index contributed by atoms with van der Waals surface area (Å²) >= 11 is 1.06. The molecule has 1 unspecified atom stereocenters. The molecule has 0 saturated carbocycles. The van der Waals surface area contributed by atoms with Crippen LogP contribution < -0.4 is 15.0 Å². The van der Waals surface area contributed by atoms with E-state index in [1.54, 1.807) is 36.3 Å². The Morgan fingerprint density at radius 3 is 2.35 bits per heavy atom. The van der Waals surface area contributed by atoms with Crippen LogP contribution in [0, 0.1) is 20.2 Å². The van der Waals surface area contributed by atoms with Crippen LogP contribution in [-0.2, 0) is 4.79 Å². The normalized spacial score (nSPS) is 15.3. The van der Waals surface area contributed by atoms with E-state index in [1.807, 2.05) is 0 Å². The predicted octanol–water partition coefficient (Wildman–Crippen LogP) is 3.14. The summed E-state index contributed by atoms with van der Waals surface area (Å²) in [4.78, 5) is 47.1. The van der Waals surface area contributed by atoms with Gasteiger partial charge in [-0.3, -0.25) is 35.1 Å². The Kier molecular flexibility index (Phi) is 6.14. The van der Waals surface area contributed by atoms with Crippen molar-refractivity contribution in [1.82, 2.24) is 10.2 Å². The summed E-state index contributed by atoms with van der Waals surface area (Å²) in [5.74, 6) is -0.459. The molecule has 0 radical (unpaired) electrons. The fourth-order valence-electron chi connectivity index (χ4n) is 3.44. The number of carbonyl (C=O) groups excluding carboxylic acids is 2. The summed E-state index contributed by atoms with van der Waals surface area (Å²) in [5, 5.41) is 33.1. The quantitative estimate of drug-likeness (QED) is 0.391. The van der Waals surface area contributed by atoms with Crippen LogP contribution >= 0.6 is 11.3 Å². The fraction of sp³-hybridized carbons (Fsp3) is 0.200. The van der Waals surface area contributed by atoms with Gasteiger partial charge in [-0.05, 0) is 24.3 Å². The number of nitro groups is 2. The largest absolute Gasteiger partial charge is 0.497 e. The van der Waals surface area contributed by atoms with Gasteiger partial charge in [0.1, 0.15) is 10.8 Å². The summed E-state index contributed by atoms with van der Waals surface area (Å²) in [5.41, 5.74) is -0.709. The van der Waals surface area contributed by atoms with Crippen LogP contribution in [0.5, 0.6) is 5.75 Å². The average molecular weight is 484 g/mol. The first-order chi connectivity index (χ1) is 16.2. The lowest BCUT2D eigenvalue weighted by atomic mass is 10.1. The second-order valence-electron chi connectivity index (χ2n) is 7.26. The van der Waals surface area contributed by atoms with Crippen LogP contribution in [0.25, 0.3) is 0 Å². The lowest BCUT2D eigenvalue weighted by Gasteiger charge is -2.16. The molecule has 14 heteroatoms. The highest BCUT2D eigenvalue weighted by molar-refractivity contribution is 7.15. The van der Waals surface area contributed by atoms with Crippen molar-refractivity contribution in [2.24, 2.45) is 0 Å². The minimum Gasteiger partial charge on any atom is -0.497 e. The maximum absolute atomic E-state index is 12.5. The number of benzene rings is 2. The molecular weight excluding hydrogens is 468 g/mol. The van der Waals surface area contributed by atoms with E-state index in [2.05, 4.69) is 15.5 Å². The molecule has 174 valence electrons. The van der Waals surface area contributed by atoms with Crippen LogP contribution in [-0.4, -0.2) is 45.5 Å². The van der Waals surface area contributed by atoms with E-state index >= 15 is 0 Å². The lowest BCUT2D eigenvalue weighted by molar-refractivity contribution is -0.394. The lowest BCUT2D eigenvalue weighted by Crippen LogP contribution is -2.24. The van der Waals surface area contributed by atoms with Crippen molar-refractivity contribution < 1.29 is 24.2 Å². The Morgan fingerprint density at radius 1 is 1.12 bits per heavy atom. The molecule has 1 aromatic heterocycles. The molecule has 0 spiro atoms. The number of amides is 2. The van der Waals surface area contributed by atoms with E-state index in [9.17, 15) is 29.8 Å². The van der Waals surface area contributed by atoms with E-state index in [-0.39, 0.29) is 28.9 Å². The van der Waals surface area contributed by atoms with Gasteiger partial charge in [-0.25, -0.2) is 0 Å². The first kappa shape index (κ1) is 22.7. The van der Waals surface area contributed by atoms with Crippen LogP contribution in [0.3, 0.4) is 0 Å². The summed E-state index contributed by atoms with van der Waals surface area (Å²) in [7, 11) is 1.55. The van der Waals surface area contributed by atoms with Gasteiger partial charge in [0.25, 0.3) is 17.3 Å². The maximum atomic E-state index is 12.5. The van der Waals surface area contributed by atoms with Crippen molar-refractivity contribution in [3.05, 3.63) is 73.3 Å². The zero-order valence-electron chi connectivity index (χ0n) is 17.5. The Hall–Kier alpha value is -4.46. The number of nitrogens with one attached hydrogen (secondary N) is 1. The van der Waals surface area contributed by atoms with E-state index < -0.39 is 27.1 Å². The topological polar surface area (TPSA) is 171 Å². The Bertz CT molecular complexity index is 1260. The minimum atomic E-state index is -0.821. The second kappa shape index (κ2) is 9.19. The molecule has 13 nitrogen and oxygen atoms in total. The van der Waals surface area contributed by atoms with E-state index in [4.69, 9.17) is 4.74 Å². The summed E-state index contributed by atoms with van der Waals surface area (Å²) in [6, 6.07) is 9.72. The maximum Gasteiger partial charge on any atom is 0.277 e. The molecule has 2 amide bonds. The molecule has 0 bridgehead atoms. The number of nitrogens with zero attached hydrogens (tertiary/aromatic N) is 5. The number of hydrogen-bond acceptors (Lipinski definition) is 10. The molecular formula is C20H16N6O7S. The van der Waals surface area contributed by atoms with E-state index in [0.717, 1.165) is 35.2 Å². The highest BCUT2D eigenvalue weighted by Gasteiger charge is 2.34. The third-order valence-corrected chi connectivity index (χ3v) is 6.11. The van der Waals surface area contributed by atoms with Crippen LogP contribution in [0.2, 0.25) is 0 Å². The highest BCUT2D eigenvalue weighted by Crippen LogP contribution is 2.35. The molecule has 1 aliphatic rings. The van der Waals surface area contributed by atoms with Gasteiger partial charge < -0.3 is 9.64 Å². The van der Waals surface area contributed by atoms with Gasteiger partial charge in [-0.15, -0.1) is 10.2 Å². The van der Waals surface area contributed by atoms with Gasteiger partial charge in [0.2, 0.25) is 11.0 Å². The van der Waals surface area contributed by atoms with Gasteiger partial charge in [0.15, 0.2) is 0 Å². The molecule has 3 aromatic rings. The van der Waals surface area contributed by atoms with Crippen molar-refractivity contribution >= 4 is 45.3 Å². The first-order valence-electron chi connectivity index (χ1n) is 9.78. The van der Waals surface area contributed by atoms with Gasteiger partial charge in [-0.2, -0.15) is 0 Å². The van der Waals surface area contributed by atoms with Crippen LogP contribution in [0.1, 0.15) is 27.7 Å². The molecule has 1 saturated heterocycles. The number of anilines is 2. The third kappa shape index (κ3) is 4.66. The van der Waals surface area contributed by atoms with Crippen molar-refractivity contribution in [2.75, 3.05) is 23.9 Å². The molecule has 34 heavy (non-hydrogen) atoms. The van der Waals surface area contributed by atoms with Crippen LogP contribution in [0.4, 0.5) is 22.2 Å². The highest BCUT2D eigenvalue weighted by atomic mass is 32.1. The molecule has 2 heterocycles. The third-order valence-electron chi connectivity index (χ3n) is 5.11. The summed E-state index contributed by atoms with van der Waals surface area (Å²) < 4.78 is 5.13. The number of rotatable bonds is 7. The standard InChI is InChI=1S/C20H16N6O7S/c1-33-16-4-2-13(3-5-16)24-10-12(8-17(24)27)19-22-23-20(34-19)21-18(28)11-6-14(25(29)30)9-15(7-11)26(31)32/h2-7,9,12H,8,10H2,1H3,(H,21,23,28). The molecule has 1 aliphatic heterocycles. The van der Waals surface area contributed by atoms with Gasteiger partial charge in [0, 0.05) is 36.7 Å². The number of non-ortho nitro benzene ring substituents is 2. The SMILES string of the molecule is COc1ccc(N2CC(c3nnc(NC(=O)c4cc([N+](=O)[O-])cc([N+](=O)[O-])c4)s3)CC2=O)cc1. The average Bonchev–Trinajstić information content (AvgIpc) is 3.45. The number of hydrogen-bond donors (Lipinski definition) is 1. The Morgan fingerprint density at radius 2 is 1.76 bits per heavy atom. The minimum absolute atomic E-state index is 0.0835. The number of ether oxygens (including phenoxy) is 1. The smallest absolute Gasteiger partial charge is 0.277 e. The Balaban J connectivity index is 1.47. The number of aromatic nitrogens is 2. The van der Waals surface area contributed by atoms with E-state index in [1.165, 1.54) is 0 Å². The van der Waals surface area contributed by atoms with Crippen molar-refractivity contribution in [2.45, 2.75) is 12.3 Å². The summed E-state index contributed by atoms with van der Waals surface area (Å²) in [6.45, 7) is 0.380. The van der Waals surface area contributed by atoms with Crippen molar-refractivity contribution in [3.8, 4) is 5.75 Å². The zero-order chi connectivity index (χ0) is 24.4. The monoisotopic (exact) mass is 484 g/mol. The van der Waals surface area contributed by atoms with Crippen LogP contribution in [0.15, 0.2) is 42.5 Å². The molecule has 1 atom stereocenters. The molecule has 1 fully saturated rings. The predicted molar refractivity (Wildman–Crippen MR) is 120 cm³/mol. The van der Waals surface area contributed by atoms with Crippen molar-refractivity contribution in [1.29, 1.82) is 0 Å².